The molecule has 1 aliphatic rings. The van der Waals surface area contributed by atoms with Crippen LogP contribution in [0.4, 0.5) is 20.7 Å². The largest absolute Gasteiger partial charge is 0.481 e. The second kappa shape index (κ2) is 10.3. The number of hydrogen-bond donors (Lipinski definition) is 3. The molecule has 0 radical (unpaired) electrons. The number of halogens is 1. The maximum Gasteiger partial charge on any atom is 0.324 e. The number of carboxylic acids is 1. The van der Waals surface area contributed by atoms with Crippen LogP contribution < -0.4 is 15.4 Å². The summed E-state index contributed by atoms with van der Waals surface area (Å²) in [7, 11) is 0. The van der Waals surface area contributed by atoms with Crippen molar-refractivity contribution in [1.29, 1.82) is 0 Å². The first kappa shape index (κ1) is 25.6. The monoisotopic (exact) mass is 505 g/mol. The number of benzene rings is 1. The Kier molecular flexibility index (Phi) is 7.10. The van der Waals surface area contributed by atoms with E-state index in [2.05, 4.69) is 20.7 Å². The number of nitrogens with one attached hydrogen (secondary N) is 2. The van der Waals surface area contributed by atoms with Crippen molar-refractivity contribution in [2.75, 3.05) is 10.6 Å². The van der Waals surface area contributed by atoms with Gasteiger partial charge in [-0.1, -0.05) is 32.9 Å². The molecule has 0 fully saturated rings. The molecule has 4 rings (SSSR count). The van der Waals surface area contributed by atoms with Crippen LogP contribution in [0.25, 0.3) is 5.70 Å². The number of carbonyl (C=O) groups is 2. The zero-order valence-electron chi connectivity index (χ0n) is 20.9. The van der Waals surface area contributed by atoms with Crippen molar-refractivity contribution in [2.24, 2.45) is 5.92 Å². The number of allylic oxidation sites excluding steroid dienone is 3. The van der Waals surface area contributed by atoms with Gasteiger partial charge in [0, 0.05) is 47.6 Å². The number of amides is 2. The van der Waals surface area contributed by atoms with Crippen LogP contribution in [0.1, 0.15) is 38.6 Å². The van der Waals surface area contributed by atoms with E-state index in [1.54, 1.807) is 48.7 Å². The van der Waals surface area contributed by atoms with Gasteiger partial charge in [-0.3, -0.25) is 15.1 Å². The first-order chi connectivity index (χ1) is 17.5. The molecule has 0 saturated carbocycles. The zero-order chi connectivity index (χ0) is 26.7. The molecule has 1 unspecified atom stereocenters. The molecule has 2 amide bonds. The molecule has 37 heavy (non-hydrogen) atoms. The highest BCUT2D eigenvalue weighted by Crippen LogP contribution is 2.31. The Morgan fingerprint density at radius 3 is 2.57 bits per heavy atom. The van der Waals surface area contributed by atoms with Gasteiger partial charge in [-0.05, 0) is 31.2 Å². The molecule has 2 aromatic heterocycles. The van der Waals surface area contributed by atoms with Crippen LogP contribution in [0.2, 0.25) is 0 Å². The number of urea groups is 1. The maximum absolute atomic E-state index is 14.8. The minimum absolute atomic E-state index is 0.0383. The fraction of sp³-hybridized carbons (Fsp3) is 0.259. The van der Waals surface area contributed by atoms with Gasteiger partial charge in [0.05, 0.1) is 17.3 Å². The Bertz CT molecular complexity index is 1400. The molecule has 1 aromatic carbocycles. The quantitative estimate of drug-likeness (QED) is 0.380. The van der Waals surface area contributed by atoms with Crippen LogP contribution in [0.5, 0.6) is 11.5 Å². The number of nitrogens with zero attached hydrogens (tertiary/aromatic N) is 3. The highest BCUT2D eigenvalue weighted by atomic mass is 19.1. The van der Waals surface area contributed by atoms with E-state index in [0.717, 1.165) is 5.69 Å². The highest BCUT2D eigenvalue weighted by Gasteiger charge is 2.25. The van der Waals surface area contributed by atoms with Crippen LogP contribution >= 0.6 is 0 Å². The molecule has 1 aliphatic carbocycles. The van der Waals surface area contributed by atoms with E-state index in [0.29, 0.717) is 23.0 Å². The molecule has 3 aromatic rings. The summed E-state index contributed by atoms with van der Waals surface area (Å²) in [5, 5.41) is 19.3. The van der Waals surface area contributed by atoms with Crippen LogP contribution in [0.3, 0.4) is 0 Å². The van der Waals surface area contributed by atoms with E-state index in [4.69, 9.17) is 4.74 Å². The smallest absolute Gasteiger partial charge is 0.324 e. The molecule has 0 aliphatic heterocycles. The molecule has 0 spiro atoms. The predicted molar refractivity (Wildman–Crippen MR) is 138 cm³/mol. The van der Waals surface area contributed by atoms with Crippen LogP contribution in [-0.4, -0.2) is 31.9 Å². The van der Waals surface area contributed by atoms with Gasteiger partial charge in [-0.2, -0.15) is 5.10 Å². The second-order valence-corrected chi connectivity index (χ2v) is 9.72. The second-order valence-electron chi connectivity index (χ2n) is 9.72. The number of aliphatic carboxylic acids is 1. The normalized spacial score (nSPS) is 15.2. The molecule has 9 nitrogen and oxygen atoms in total. The van der Waals surface area contributed by atoms with Crippen LogP contribution in [0.15, 0.2) is 60.8 Å². The summed E-state index contributed by atoms with van der Waals surface area (Å²) in [6.07, 6.45) is 6.82. The Morgan fingerprint density at radius 1 is 1.14 bits per heavy atom. The number of anilines is 2. The minimum Gasteiger partial charge on any atom is -0.481 e. The molecule has 1 atom stereocenters. The lowest BCUT2D eigenvalue weighted by molar-refractivity contribution is -0.139. The van der Waals surface area contributed by atoms with E-state index < -0.39 is 23.7 Å². The van der Waals surface area contributed by atoms with Gasteiger partial charge < -0.3 is 15.2 Å². The predicted octanol–water partition coefficient (Wildman–Crippen LogP) is 5.96. The Labute approximate surface area is 213 Å². The van der Waals surface area contributed by atoms with E-state index >= 15 is 0 Å². The molecule has 0 saturated heterocycles. The summed E-state index contributed by atoms with van der Waals surface area (Å²) in [6, 6.07) is 8.56. The number of pyridine rings is 1. The van der Waals surface area contributed by atoms with Crippen molar-refractivity contribution in [3.8, 4) is 11.5 Å². The van der Waals surface area contributed by atoms with Crippen molar-refractivity contribution < 1.29 is 23.8 Å². The fourth-order valence-corrected chi connectivity index (χ4v) is 3.69. The van der Waals surface area contributed by atoms with Crippen molar-refractivity contribution in [3.63, 3.8) is 0 Å². The number of aryl methyl sites for hydroxylation is 1. The topological polar surface area (TPSA) is 118 Å². The average molecular weight is 506 g/mol. The molecular weight excluding hydrogens is 477 g/mol. The summed E-state index contributed by atoms with van der Waals surface area (Å²) in [5.41, 5.74) is 1.71. The third-order valence-electron chi connectivity index (χ3n) is 5.66. The van der Waals surface area contributed by atoms with Crippen LogP contribution in [0, 0.1) is 18.7 Å². The minimum atomic E-state index is -0.945. The van der Waals surface area contributed by atoms with Gasteiger partial charge >= 0.3 is 12.0 Å². The number of aromatic nitrogens is 3. The number of hydrogen-bond acceptors (Lipinski definition) is 5. The standard InChI is InChI=1S/C27H28FN5O4/c1-16-12-20(10-11-29-16)37-19-8-9-22(21(28)14-19)30-26(36)31-24-15-23(27(2,3)4)32-33(24)18-7-5-6-17(13-18)25(34)35/h5-12,14-15,17H,13H2,1-4H3,(H,34,35)(H2,30,31,36). The van der Waals surface area contributed by atoms with E-state index in [9.17, 15) is 19.1 Å². The number of carboxylic acid groups (broad SMARTS) is 1. The summed E-state index contributed by atoms with van der Waals surface area (Å²) in [6.45, 7) is 7.75. The number of ether oxygens (including phenoxy) is 1. The van der Waals surface area contributed by atoms with Gasteiger partial charge in [0.25, 0.3) is 0 Å². The lowest BCUT2D eigenvalue weighted by Crippen LogP contribution is -2.23. The van der Waals surface area contributed by atoms with E-state index in [-0.39, 0.29) is 23.3 Å². The lowest BCUT2D eigenvalue weighted by atomic mass is 9.92. The van der Waals surface area contributed by atoms with E-state index in [1.165, 1.54) is 16.8 Å². The van der Waals surface area contributed by atoms with Crippen molar-refractivity contribution >= 4 is 29.2 Å². The zero-order valence-corrected chi connectivity index (χ0v) is 20.9. The van der Waals surface area contributed by atoms with Gasteiger partial charge in [0.1, 0.15) is 23.1 Å². The van der Waals surface area contributed by atoms with Crippen molar-refractivity contribution in [3.05, 3.63) is 78.0 Å². The molecular formula is C27H28FN5O4. The van der Waals surface area contributed by atoms with E-state index in [1.807, 2.05) is 27.7 Å². The van der Waals surface area contributed by atoms with Gasteiger partial charge in [0.15, 0.2) is 0 Å². The Morgan fingerprint density at radius 2 is 1.89 bits per heavy atom. The Hall–Kier alpha value is -4.47. The summed E-state index contributed by atoms with van der Waals surface area (Å²) >= 11 is 0. The first-order valence-corrected chi connectivity index (χ1v) is 11.7. The molecule has 192 valence electrons. The lowest BCUT2D eigenvalue weighted by Gasteiger charge is -2.18. The average Bonchev–Trinajstić information content (AvgIpc) is 3.25. The third kappa shape index (κ3) is 6.21. The highest BCUT2D eigenvalue weighted by molar-refractivity contribution is 5.99. The fourth-order valence-electron chi connectivity index (χ4n) is 3.69. The number of rotatable bonds is 6. The first-order valence-electron chi connectivity index (χ1n) is 11.7. The number of carbonyl (C=O) groups excluding carboxylic acids is 1. The molecule has 0 bridgehead atoms. The summed E-state index contributed by atoms with van der Waals surface area (Å²) in [5.74, 6) is -1.19. The summed E-state index contributed by atoms with van der Waals surface area (Å²) < 4.78 is 21.9. The molecule has 3 N–H and O–H groups in total. The SMILES string of the molecule is Cc1cc(Oc2ccc(NC(=O)Nc3cc(C(C)(C)C)nn3C3=CC=CC(C(=O)O)C3)c(F)c2)ccn1. The van der Waals surface area contributed by atoms with Crippen molar-refractivity contribution in [1.82, 2.24) is 14.8 Å². The molecule has 10 heteroatoms. The molecule has 2 heterocycles. The van der Waals surface area contributed by atoms with Gasteiger partial charge in [0.2, 0.25) is 0 Å². The third-order valence-corrected chi connectivity index (χ3v) is 5.66. The van der Waals surface area contributed by atoms with Gasteiger partial charge in [-0.25, -0.2) is 13.9 Å². The summed E-state index contributed by atoms with van der Waals surface area (Å²) in [4.78, 5) is 28.4. The maximum atomic E-state index is 14.8. The Balaban J connectivity index is 1.52. The van der Waals surface area contributed by atoms with Crippen LogP contribution in [-0.2, 0) is 10.2 Å². The van der Waals surface area contributed by atoms with Gasteiger partial charge in [-0.15, -0.1) is 0 Å². The van der Waals surface area contributed by atoms with Crippen molar-refractivity contribution in [2.45, 2.75) is 39.5 Å².